The largest absolute Gasteiger partial charge is 0.334 e. The zero-order chi connectivity index (χ0) is 20.6. The number of amides is 1. The van der Waals surface area contributed by atoms with Crippen LogP contribution in [0.5, 0.6) is 0 Å². The molecule has 1 aromatic heterocycles. The molecular weight excluding hydrogens is 396 g/mol. The summed E-state index contributed by atoms with van der Waals surface area (Å²) in [5, 5.41) is 25.5. The zero-order valence-electron chi connectivity index (χ0n) is 14.9. The standard InChI is InChI=1S/C17H16N8O3S/c18-24-16(21-19-10-12-6-8-14(9-7-12)25(27)28)22-23-17(24)29-11-15(26)20-13-4-2-1-3-5-13/h1-10H,11,18H2,(H,20,26)(H,21,22)/b19-10+. The first-order chi connectivity index (χ1) is 14.0. The minimum absolute atomic E-state index is 0.00483. The molecule has 0 unspecified atom stereocenters. The first-order valence-corrected chi connectivity index (χ1v) is 9.23. The van der Waals surface area contributed by atoms with Crippen LogP contribution in [-0.2, 0) is 4.79 Å². The summed E-state index contributed by atoms with van der Waals surface area (Å²) < 4.78 is 1.17. The summed E-state index contributed by atoms with van der Waals surface area (Å²) in [4.78, 5) is 22.1. The highest BCUT2D eigenvalue weighted by atomic mass is 32.2. The maximum absolute atomic E-state index is 12.0. The lowest BCUT2D eigenvalue weighted by atomic mass is 10.2. The Bertz CT molecular complexity index is 1020. The lowest BCUT2D eigenvalue weighted by Crippen LogP contribution is -2.16. The molecular formula is C17H16N8O3S. The SMILES string of the molecule is Nn1c(N/N=C/c2ccc([N+](=O)[O-])cc2)nnc1SCC(=O)Nc1ccccc1. The highest BCUT2D eigenvalue weighted by molar-refractivity contribution is 7.99. The number of nitrogens with one attached hydrogen (secondary N) is 2. The monoisotopic (exact) mass is 412 g/mol. The average Bonchev–Trinajstić information content (AvgIpc) is 3.07. The summed E-state index contributed by atoms with van der Waals surface area (Å²) in [7, 11) is 0. The van der Waals surface area contributed by atoms with Crippen LogP contribution in [0.15, 0.2) is 64.9 Å². The highest BCUT2D eigenvalue weighted by Crippen LogP contribution is 2.17. The number of nitro benzene ring substituents is 1. The molecule has 0 aliphatic heterocycles. The van der Waals surface area contributed by atoms with E-state index in [1.165, 1.54) is 23.0 Å². The third kappa shape index (κ3) is 5.52. The van der Waals surface area contributed by atoms with Crippen molar-refractivity contribution >= 4 is 41.2 Å². The number of anilines is 2. The van der Waals surface area contributed by atoms with Gasteiger partial charge in [0.25, 0.3) is 11.6 Å². The van der Waals surface area contributed by atoms with E-state index < -0.39 is 4.92 Å². The van der Waals surface area contributed by atoms with Gasteiger partial charge in [-0.25, -0.2) is 10.1 Å². The molecule has 11 nitrogen and oxygen atoms in total. The number of carbonyl (C=O) groups excluding carboxylic acids is 1. The van der Waals surface area contributed by atoms with Crippen molar-refractivity contribution in [2.24, 2.45) is 5.10 Å². The number of aromatic nitrogens is 3. The number of hydrogen-bond acceptors (Lipinski definition) is 9. The quantitative estimate of drug-likeness (QED) is 0.167. The lowest BCUT2D eigenvalue weighted by Gasteiger charge is -2.05. The molecule has 0 radical (unpaired) electrons. The zero-order valence-corrected chi connectivity index (χ0v) is 15.7. The Morgan fingerprint density at radius 2 is 1.93 bits per heavy atom. The number of nitrogen functional groups attached to an aromatic ring is 1. The molecule has 0 saturated carbocycles. The van der Waals surface area contributed by atoms with E-state index in [4.69, 9.17) is 5.84 Å². The van der Waals surface area contributed by atoms with Crippen molar-refractivity contribution < 1.29 is 9.72 Å². The Morgan fingerprint density at radius 3 is 2.62 bits per heavy atom. The maximum atomic E-state index is 12.0. The fourth-order valence-electron chi connectivity index (χ4n) is 2.15. The van der Waals surface area contributed by atoms with Gasteiger partial charge in [-0.2, -0.15) is 5.10 Å². The average molecular weight is 412 g/mol. The highest BCUT2D eigenvalue weighted by Gasteiger charge is 2.12. The molecule has 0 bridgehead atoms. The topological polar surface area (TPSA) is 153 Å². The number of carbonyl (C=O) groups is 1. The van der Waals surface area contributed by atoms with Crippen molar-refractivity contribution in [2.45, 2.75) is 5.16 Å². The summed E-state index contributed by atoms with van der Waals surface area (Å²) in [5.41, 5.74) is 3.98. The molecule has 1 amide bonds. The van der Waals surface area contributed by atoms with E-state index in [-0.39, 0.29) is 23.3 Å². The summed E-state index contributed by atoms with van der Waals surface area (Å²) >= 11 is 1.13. The number of thioether (sulfide) groups is 1. The fourth-order valence-corrected chi connectivity index (χ4v) is 2.80. The van der Waals surface area contributed by atoms with Gasteiger partial charge in [0.1, 0.15) is 0 Å². The number of nitro groups is 1. The summed E-state index contributed by atoms with van der Waals surface area (Å²) in [6.45, 7) is 0. The van der Waals surface area contributed by atoms with Crippen LogP contribution in [0.25, 0.3) is 0 Å². The Labute approximate surface area is 169 Å². The van der Waals surface area contributed by atoms with Crippen LogP contribution in [0.2, 0.25) is 0 Å². The third-order valence-corrected chi connectivity index (χ3v) is 4.48. The van der Waals surface area contributed by atoms with Crippen molar-refractivity contribution in [2.75, 3.05) is 22.3 Å². The van der Waals surface area contributed by atoms with Crippen molar-refractivity contribution in [3.63, 3.8) is 0 Å². The molecule has 0 aliphatic rings. The van der Waals surface area contributed by atoms with Gasteiger partial charge in [0.15, 0.2) is 0 Å². The first kappa shape index (κ1) is 19.8. The van der Waals surface area contributed by atoms with Crippen molar-refractivity contribution in [3.05, 3.63) is 70.3 Å². The van der Waals surface area contributed by atoms with E-state index in [1.807, 2.05) is 18.2 Å². The van der Waals surface area contributed by atoms with Gasteiger partial charge in [0.05, 0.1) is 16.9 Å². The van der Waals surface area contributed by atoms with Gasteiger partial charge in [-0.3, -0.25) is 14.9 Å². The Kier molecular flexibility index (Phi) is 6.37. The van der Waals surface area contributed by atoms with E-state index in [2.05, 4.69) is 26.0 Å². The van der Waals surface area contributed by atoms with Crippen LogP contribution >= 0.6 is 11.8 Å². The van der Waals surface area contributed by atoms with E-state index in [0.29, 0.717) is 16.4 Å². The van der Waals surface area contributed by atoms with E-state index >= 15 is 0 Å². The number of rotatable bonds is 8. The van der Waals surface area contributed by atoms with Crippen molar-refractivity contribution in [1.82, 2.24) is 14.9 Å². The van der Waals surface area contributed by atoms with Gasteiger partial charge in [-0.1, -0.05) is 30.0 Å². The fraction of sp³-hybridized carbons (Fsp3) is 0.0588. The second-order valence-corrected chi connectivity index (χ2v) is 6.54. The van der Waals surface area contributed by atoms with E-state index in [0.717, 1.165) is 11.8 Å². The van der Waals surface area contributed by atoms with Gasteiger partial charge in [-0.15, -0.1) is 10.2 Å². The molecule has 148 valence electrons. The van der Waals surface area contributed by atoms with Crippen LogP contribution in [-0.4, -0.2) is 37.7 Å². The molecule has 0 spiro atoms. The number of benzene rings is 2. The van der Waals surface area contributed by atoms with E-state index in [1.54, 1.807) is 24.3 Å². The molecule has 12 heteroatoms. The predicted molar refractivity (Wildman–Crippen MR) is 110 cm³/mol. The number of nitrogens with zero attached hydrogens (tertiary/aromatic N) is 5. The molecule has 3 rings (SSSR count). The molecule has 4 N–H and O–H groups in total. The smallest absolute Gasteiger partial charge is 0.269 e. The lowest BCUT2D eigenvalue weighted by molar-refractivity contribution is -0.384. The number of non-ortho nitro benzene ring substituents is 1. The van der Waals surface area contributed by atoms with Crippen LogP contribution in [0.3, 0.4) is 0 Å². The first-order valence-electron chi connectivity index (χ1n) is 8.24. The molecule has 3 aromatic rings. The molecule has 0 atom stereocenters. The van der Waals surface area contributed by atoms with Gasteiger partial charge >= 0.3 is 0 Å². The second kappa shape index (κ2) is 9.32. The van der Waals surface area contributed by atoms with E-state index in [9.17, 15) is 14.9 Å². The van der Waals surface area contributed by atoms with Crippen LogP contribution in [0, 0.1) is 10.1 Å². The Balaban J connectivity index is 1.52. The minimum Gasteiger partial charge on any atom is -0.334 e. The molecule has 0 saturated heterocycles. The molecule has 0 fully saturated rings. The number of para-hydroxylation sites is 1. The number of hydrogen-bond donors (Lipinski definition) is 3. The summed E-state index contributed by atoms with van der Waals surface area (Å²) in [6.07, 6.45) is 1.46. The van der Waals surface area contributed by atoms with Gasteiger partial charge in [0, 0.05) is 17.8 Å². The van der Waals surface area contributed by atoms with Crippen LogP contribution in [0.4, 0.5) is 17.3 Å². The second-order valence-electron chi connectivity index (χ2n) is 5.60. The summed E-state index contributed by atoms with van der Waals surface area (Å²) in [5.74, 6) is 5.99. The number of nitrogens with two attached hydrogens (primary N) is 1. The number of hydrazone groups is 1. The molecule has 2 aromatic carbocycles. The Morgan fingerprint density at radius 1 is 1.21 bits per heavy atom. The molecule has 0 aliphatic carbocycles. The maximum Gasteiger partial charge on any atom is 0.269 e. The van der Waals surface area contributed by atoms with Crippen LogP contribution < -0.4 is 16.6 Å². The predicted octanol–water partition coefficient (Wildman–Crippen LogP) is 2.08. The normalized spacial score (nSPS) is 10.8. The molecule has 1 heterocycles. The van der Waals surface area contributed by atoms with Crippen molar-refractivity contribution in [3.8, 4) is 0 Å². The van der Waals surface area contributed by atoms with Gasteiger partial charge in [0.2, 0.25) is 11.1 Å². The third-order valence-electron chi connectivity index (χ3n) is 3.54. The van der Waals surface area contributed by atoms with Gasteiger partial charge in [-0.05, 0) is 29.8 Å². The van der Waals surface area contributed by atoms with Crippen LogP contribution in [0.1, 0.15) is 5.56 Å². The Hall–Kier alpha value is -3.93. The van der Waals surface area contributed by atoms with Crippen molar-refractivity contribution in [1.29, 1.82) is 0 Å². The summed E-state index contributed by atoms with van der Waals surface area (Å²) in [6, 6.07) is 15.0. The minimum atomic E-state index is -0.477. The molecule has 29 heavy (non-hydrogen) atoms. The van der Waals surface area contributed by atoms with Gasteiger partial charge < -0.3 is 11.2 Å².